The van der Waals surface area contributed by atoms with E-state index >= 15 is 0 Å². The van der Waals surface area contributed by atoms with Gasteiger partial charge in [-0.05, 0) is 60.9 Å². The number of aryl methyl sites for hydroxylation is 1. The van der Waals surface area contributed by atoms with E-state index in [1.54, 1.807) is 30.3 Å². The van der Waals surface area contributed by atoms with Crippen molar-refractivity contribution in [3.05, 3.63) is 76.5 Å². The lowest BCUT2D eigenvalue weighted by Gasteiger charge is -2.23. The van der Waals surface area contributed by atoms with Gasteiger partial charge in [0.1, 0.15) is 11.9 Å². The number of aliphatic carboxylic acids is 1. The largest absolute Gasteiger partial charge is 0.496 e. The first-order valence-electron chi connectivity index (χ1n) is 12.8. The maximum atomic E-state index is 13.5. The van der Waals surface area contributed by atoms with Crippen molar-refractivity contribution in [3.63, 3.8) is 0 Å². The Morgan fingerprint density at radius 3 is 2.16 bits per heavy atom. The molecule has 2 atom stereocenters. The summed E-state index contributed by atoms with van der Waals surface area (Å²) in [4.78, 5) is 29.7. The molecule has 3 aromatic rings. The number of hydrogen-bond donors (Lipinski definition) is 1. The molecule has 8 nitrogen and oxygen atoms in total. The number of alkyl halides is 6. The highest BCUT2D eigenvalue weighted by atomic mass is 19.4. The van der Waals surface area contributed by atoms with Crippen LogP contribution in [0.15, 0.2) is 48.5 Å². The Morgan fingerprint density at radius 2 is 1.60 bits per heavy atom. The average molecular weight is 613 g/mol. The molecule has 14 heteroatoms. The van der Waals surface area contributed by atoms with E-state index in [0.29, 0.717) is 34.6 Å². The minimum absolute atomic E-state index is 0.00706. The average Bonchev–Trinajstić information content (AvgIpc) is 3.23. The van der Waals surface area contributed by atoms with Crippen LogP contribution >= 0.6 is 0 Å². The predicted octanol–water partition coefficient (Wildman–Crippen LogP) is 6.90. The first kappa shape index (κ1) is 31.4. The molecule has 2 heterocycles. The molecule has 4 rings (SSSR count). The van der Waals surface area contributed by atoms with E-state index in [1.165, 1.54) is 21.1 Å². The second-order valence-electron chi connectivity index (χ2n) is 9.79. The zero-order valence-electron chi connectivity index (χ0n) is 23.0. The van der Waals surface area contributed by atoms with Gasteiger partial charge in [0.25, 0.3) is 0 Å². The van der Waals surface area contributed by atoms with Crippen LogP contribution < -0.4 is 9.47 Å². The van der Waals surface area contributed by atoms with Crippen LogP contribution in [0.1, 0.15) is 47.4 Å². The van der Waals surface area contributed by atoms with Gasteiger partial charge in [0, 0.05) is 23.6 Å². The Hall–Kier alpha value is -4.49. The number of pyridine rings is 1. The van der Waals surface area contributed by atoms with Crippen molar-refractivity contribution >= 4 is 12.1 Å². The SMILES string of the molecule is COc1ccc(-c2cc(CCC(=O)O)ccc2OC)c(CN2C(=O)O[C@H](c3cc(C(F)(F)F)cc(C(F)(F)F)c3)[C@@H]2C)n1. The normalized spacial score (nSPS) is 17.1. The number of carbonyl (C=O) groups excluding carboxylic acids is 1. The molecule has 0 unspecified atom stereocenters. The number of nitrogens with zero attached hydrogens (tertiary/aromatic N) is 2. The van der Waals surface area contributed by atoms with Crippen LogP contribution in [0.25, 0.3) is 11.1 Å². The third kappa shape index (κ3) is 6.95. The van der Waals surface area contributed by atoms with Crippen molar-refractivity contribution in [2.75, 3.05) is 14.2 Å². The fourth-order valence-electron chi connectivity index (χ4n) is 4.80. The minimum atomic E-state index is -5.07. The highest BCUT2D eigenvalue weighted by molar-refractivity contribution is 5.76. The molecule has 1 aliphatic rings. The summed E-state index contributed by atoms with van der Waals surface area (Å²) in [7, 11) is 2.80. The standard InChI is InChI=1S/C29H26F6N2O6/c1-15-26(17-11-18(28(30,31)32)13-19(12-17)29(33,34)35)43-27(40)37(15)14-22-20(6-8-24(36-22)42-3)21-10-16(5-9-25(38)39)4-7-23(21)41-2/h4,6-8,10-13,15,26H,5,9,14H2,1-3H3,(H,38,39)/t15-,26-/m0/s1. The van der Waals surface area contributed by atoms with E-state index in [0.717, 1.165) is 4.90 Å². The number of cyclic esters (lactones) is 1. The second-order valence-corrected chi connectivity index (χ2v) is 9.79. The number of ether oxygens (including phenoxy) is 3. The topological polar surface area (TPSA) is 98.2 Å². The van der Waals surface area contributed by atoms with Gasteiger partial charge in [0.15, 0.2) is 0 Å². The fraction of sp³-hybridized carbons (Fsp3) is 0.345. The van der Waals surface area contributed by atoms with Crippen LogP contribution in [0.3, 0.4) is 0 Å². The molecule has 0 spiro atoms. The maximum absolute atomic E-state index is 13.5. The van der Waals surface area contributed by atoms with Gasteiger partial charge in [-0.25, -0.2) is 9.78 Å². The molecule has 0 bridgehead atoms. The summed E-state index contributed by atoms with van der Waals surface area (Å²) in [5, 5.41) is 9.08. The molecular weight excluding hydrogens is 586 g/mol. The van der Waals surface area contributed by atoms with E-state index < -0.39 is 53.3 Å². The van der Waals surface area contributed by atoms with E-state index in [2.05, 4.69) is 4.98 Å². The zero-order valence-corrected chi connectivity index (χ0v) is 23.0. The Morgan fingerprint density at radius 1 is 0.953 bits per heavy atom. The summed E-state index contributed by atoms with van der Waals surface area (Å²) in [5.74, 6) is -0.404. The van der Waals surface area contributed by atoms with Crippen LogP contribution in [0.2, 0.25) is 0 Å². The number of benzene rings is 2. The summed E-state index contributed by atoms with van der Waals surface area (Å²) >= 11 is 0. The summed E-state index contributed by atoms with van der Waals surface area (Å²) in [5.41, 5.74) is -1.58. The Bertz CT molecular complexity index is 1490. The number of amides is 1. The third-order valence-corrected chi connectivity index (χ3v) is 6.99. The Kier molecular flexibility index (Phi) is 8.79. The van der Waals surface area contributed by atoms with Crippen LogP contribution in [0, 0.1) is 0 Å². The fourth-order valence-corrected chi connectivity index (χ4v) is 4.80. The minimum Gasteiger partial charge on any atom is -0.496 e. The van der Waals surface area contributed by atoms with E-state index in [4.69, 9.17) is 19.3 Å². The van der Waals surface area contributed by atoms with E-state index in [9.17, 15) is 35.9 Å². The van der Waals surface area contributed by atoms with Gasteiger partial charge in [-0.15, -0.1) is 0 Å². The number of carbonyl (C=O) groups is 2. The molecule has 1 N–H and O–H groups in total. The summed E-state index contributed by atoms with van der Waals surface area (Å²) in [6.45, 7) is 1.19. The molecule has 1 saturated heterocycles. The molecule has 0 saturated carbocycles. The smallest absolute Gasteiger partial charge is 0.416 e. The summed E-state index contributed by atoms with van der Waals surface area (Å²) in [6, 6.07) is 8.35. The van der Waals surface area contributed by atoms with Gasteiger partial charge in [0.2, 0.25) is 5.88 Å². The maximum Gasteiger partial charge on any atom is 0.416 e. The first-order valence-corrected chi connectivity index (χ1v) is 12.8. The molecule has 1 fully saturated rings. The third-order valence-electron chi connectivity index (χ3n) is 6.99. The molecule has 1 aromatic heterocycles. The van der Waals surface area contributed by atoms with E-state index in [-0.39, 0.29) is 37.0 Å². The number of hydrogen-bond acceptors (Lipinski definition) is 6. The predicted molar refractivity (Wildman–Crippen MR) is 139 cm³/mol. The summed E-state index contributed by atoms with van der Waals surface area (Å²) < 4.78 is 96.9. The van der Waals surface area contributed by atoms with Gasteiger partial charge in [-0.3, -0.25) is 9.69 Å². The number of halogens is 6. The van der Waals surface area contributed by atoms with Crippen molar-refractivity contribution in [2.24, 2.45) is 0 Å². The number of carboxylic acids is 1. The lowest BCUT2D eigenvalue weighted by atomic mass is 9.96. The van der Waals surface area contributed by atoms with Gasteiger partial charge >= 0.3 is 24.4 Å². The van der Waals surface area contributed by atoms with Gasteiger partial charge in [-0.1, -0.05) is 6.07 Å². The number of aromatic nitrogens is 1. The van der Waals surface area contributed by atoms with E-state index in [1.807, 2.05) is 0 Å². The molecule has 0 aliphatic carbocycles. The molecule has 2 aromatic carbocycles. The van der Waals surface area contributed by atoms with Crippen molar-refractivity contribution in [2.45, 2.75) is 50.8 Å². The number of rotatable bonds is 9. The van der Waals surface area contributed by atoms with Gasteiger partial charge in [0.05, 0.1) is 43.6 Å². The van der Waals surface area contributed by atoms with Crippen LogP contribution in [0.5, 0.6) is 11.6 Å². The highest BCUT2D eigenvalue weighted by Gasteiger charge is 2.43. The van der Waals surface area contributed by atoms with Crippen LogP contribution in [-0.4, -0.2) is 47.3 Å². The molecule has 0 radical (unpaired) electrons. The van der Waals surface area contributed by atoms with Crippen LogP contribution in [-0.2, 0) is 34.8 Å². The first-order chi connectivity index (χ1) is 20.1. The van der Waals surface area contributed by atoms with Crippen molar-refractivity contribution in [1.82, 2.24) is 9.88 Å². The Labute approximate surface area is 241 Å². The monoisotopic (exact) mass is 612 g/mol. The molecule has 1 amide bonds. The molecule has 230 valence electrons. The van der Waals surface area contributed by atoms with Crippen molar-refractivity contribution < 1.29 is 55.2 Å². The number of carboxylic acid groups (broad SMARTS) is 1. The molecule has 1 aliphatic heterocycles. The van der Waals surface area contributed by atoms with Gasteiger partial charge < -0.3 is 19.3 Å². The van der Waals surface area contributed by atoms with Gasteiger partial charge in [-0.2, -0.15) is 26.3 Å². The molecule has 43 heavy (non-hydrogen) atoms. The van der Waals surface area contributed by atoms with Crippen molar-refractivity contribution in [3.8, 4) is 22.8 Å². The quantitative estimate of drug-likeness (QED) is 0.263. The second kappa shape index (κ2) is 12.0. The Balaban J connectivity index is 1.73. The lowest BCUT2D eigenvalue weighted by Crippen LogP contribution is -2.32. The molecular formula is C29H26F6N2O6. The van der Waals surface area contributed by atoms with Crippen molar-refractivity contribution in [1.29, 1.82) is 0 Å². The number of methoxy groups -OCH3 is 2. The lowest BCUT2D eigenvalue weighted by molar-refractivity contribution is -0.143. The zero-order chi connectivity index (χ0) is 31.7. The van der Waals surface area contributed by atoms with Crippen LogP contribution in [0.4, 0.5) is 31.1 Å². The highest BCUT2D eigenvalue weighted by Crippen LogP contribution is 2.42. The summed E-state index contributed by atoms with van der Waals surface area (Å²) in [6.07, 6.45) is -12.5.